The van der Waals surface area contributed by atoms with Crippen LogP contribution in [0.1, 0.15) is 42.1 Å². The summed E-state index contributed by atoms with van der Waals surface area (Å²) < 4.78 is 0.962. The van der Waals surface area contributed by atoms with Gasteiger partial charge in [0.2, 0.25) is 0 Å². The summed E-state index contributed by atoms with van der Waals surface area (Å²) in [6, 6.07) is 5.85. The van der Waals surface area contributed by atoms with E-state index in [-0.39, 0.29) is 12.0 Å². The molecule has 0 aromatic heterocycles. The van der Waals surface area contributed by atoms with Crippen LogP contribution in [-0.2, 0) is 0 Å². The van der Waals surface area contributed by atoms with E-state index in [2.05, 4.69) is 27.9 Å². The van der Waals surface area contributed by atoms with Crippen LogP contribution in [-0.4, -0.2) is 23.7 Å². The molecule has 0 aliphatic heterocycles. The molecule has 0 aliphatic carbocycles. The third-order valence-electron chi connectivity index (χ3n) is 2.84. The lowest BCUT2D eigenvalue weighted by molar-refractivity contribution is 0.0947. The molecular weight excluding hydrogens is 341 g/mol. The van der Waals surface area contributed by atoms with Crippen LogP contribution in [0.25, 0.3) is 0 Å². The molecule has 4 heteroatoms. The highest BCUT2D eigenvalue weighted by molar-refractivity contribution is 14.1. The Morgan fingerprint density at radius 1 is 1.50 bits per heavy atom. The van der Waals surface area contributed by atoms with E-state index in [0.29, 0.717) is 6.54 Å². The lowest BCUT2D eigenvalue weighted by Gasteiger charge is -2.09. The van der Waals surface area contributed by atoms with E-state index in [1.54, 1.807) is 0 Å². The van der Waals surface area contributed by atoms with Crippen LogP contribution >= 0.6 is 22.6 Å². The molecule has 0 fully saturated rings. The fourth-order valence-corrected chi connectivity index (χ4v) is 2.23. The second kappa shape index (κ2) is 7.74. The van der Waals surface area contributed by atoms with E-state index in [1.165, 1.54) is 0 Å². The number of aliphatic hydroxyl groups excluding tert-OH is 1. The molecule has 18 heavy (non-hydrogen) atoms. The van der Waals surface area contributed by atoms with Gasteiger partial charge in [0.1, 0.15) is 0 Å². The second-order valence-corrected chi connectivity index (χ2v) is 5.61. The third kappa shape index (κ3) is 4.94. The molecule has 0 radical (unpaired) electrons. The van der Waals surface area contributed by atoms with E-state index < -0.39 is 0 Å². The molecule has 1 atom stereocenters. The van der Waals surface area contributed by atoms with Crippen molar-refractivity contribution in [2.75, 3.05) is 6.54 Å². The monoisotopic (exact) mass is 361 g/mol. The predicted octanol–water partition coefficient (Wildman–Crippen LogP) is 2.88. The van der Waals surface area contributed by atoms with Gasteiger partial charge in [-0.1, -0.05) is 18.6 Å². The first-order valence-corrected chi connectivity index (χ1v) is 7.35. The van der Waals surface area contributed by atoms with Gasteiger partial charge < -0.3 is 10.4 Å². The number of aryl methyl sites for hydroxylation is 1. The molecular formula is C14H20INO2. The van der Waals surface area contributed by atoms with Crippen LogP contribution in [0.15, 0.2) is 18.2 Å². The maximum atomic E-state index is 12.0. The smallest absolute Gasteiger partial charge is 0.252 e. The second-order valence-electron chi connectivity index (χ2n) is 4.44. The van der Waals surface area contributed by atoms with Crippen molar-refractivity contribution < 1.29 is 9.90 Å². The molecule has 1 aromatic carbocycles. The summed E-state index contributed by atoms with van der Waals surface area (Å²) in [7, 11) is 0. The predicted molar refractivity (Wildman–Crippen MR) is 81.8 cm³/mol. The van der Waals surface area contributed by atoms with Crippen molar-refractivity contribution in [1.29, 1.82) is 0 Å². The number of carbonyl (C=O) groups excluding carboxylic acids is 1. The number of benzene rings is 1. The van der Waals surface area contributed by atoms with Gasteiger partial charge in [-0.25, -0.2) is 0 Å². The van der Waals surface area contributed by atoms with Crippen LogP contribution in [0, 0.1) is 10.5 Å². The maximum Gasteiger partial charge on any atom is 0.252 e. The minimum absolute atomic E-state index is 0.0333. The first-order valence-electron chi connectivity index (χ1n) is 6.27. The highest BCUT2D eigenvalue weighted by Crippen LogP contribution is 2.14. The molecule has 3 nitrogen and oxygen atoms in total. The summed E-state index contributed by atoms with van der Waals surface area (Å²) in [6.45, 7) is 4.54. The number of carbonyl (C=O) groups is 1. The number of hydrogen-bond donors (Lipinski definition) is 2. The Kier molecular flexibility index (Phi) is 6.63. The van der Waals surface area contributed by atoms with E-state index in [1.807, 2.05) is 32.0 Å². The van der Waals surface area contributed by atoms with Crippen molar-refractivity contribution in [3.8, 4) is 0 Å². The molecule has 0 spiro atoms. The van der Waals surface area contributed by atoms with Gasteiger partial charge in [-0.3, -0.25) is 4.79 Å². The Bertz CT molecular complexity index is 407. The normalized spacial score (nSPS) is 12.2. The zero-order valence-corrected chi connectivity index (χ0v) is 13.0. The van der Waals surface area contributed by atoms with Gasteiger partial charge in [0, 0.05) is 10.1 Å². The van der Waals surface area contributed by atoms with Gasteiger partial charge >= 0.3 is 0 Å². The van der Waals surface area contributed by atoms with Gasteiger partial charge in [-0.2, -0.15) is 0 Å². The van der Waals surface area contributed by atoms with Gasteiger partial charge in [0.25, 0.3) is 5.91 Å². The number of nitrogens with one attached hydrogen (secondary N) is 1. The largest absolute Gasteiger partial charge is 0.393 e. The molecule has 0 saturated carbocycles. The van der Waals surface area contributed by atoms with Crippen LogP contribution in [0.5, 0.6) is 0 Å². The van der Waals surface area contributed by atoms with E-state index in [4.69, 9.17) is 0 Å². The summed E-state index contributed by atoms with van der Waals surface area (Å²) in [5.41, 5.74) is 1.81. The van der Waals surface area contributed by atoms with Crippen LogP contribution < -0.4 is 5.32 Å². The number of rotatable bonds is 6. The Morgan fingerprint density at radius 3 is 2.89 bits per heavy atom. The quantitative estimate of drug-likeness (QED) is 0.605. The molecule has 0 saturated heterocycles. The molecule has 100 valence electrons. The summed E-state index contributed by atoms with van der Waals surface area (Å²) in [4.78, 5) is 12.0. The summed E-state index contributed by atoms with van der Waals surface area (Å²) >= 11 is 2.17. The van der Waals surface area contributed by atoms with Crippen molar-refractivity contribution in [3.63, 3.8) is 0 Å². The minimum Gasteiger partial charge on any atom is -0.393 e. The summed E-state index contributed by atoms with van der Waals surface area (Å²) in [6.07, 6.45) is 2.06. The van der Waals surface area contributed by atoms with Crippen molar-refractivity contribution in [1.82, 2.24) is 5.32 Å². The first kappa shape index (κ1) is 15.4. The molecule has 1 aromatic rings. The van der Waals surface area contributed by atoms with Gasteiger partial charge in [0.05, 0.1) is 11.7 Å². The zero-order chi connectivity index (χ0) is 13.5. The molecule has 1 amide bonds. The lowest BCUT2D eigenvalue weighted by atomic mass is 10.1. The fraction of sp³-hybridized carbons (Fsp3) is 0.500. The van der Waals surface area contributed by atoms with Crippen molar-refractivity contribution in [2.45, 2.75) is 39.2 Å². The highest BCUT2D eigenvalue weighted by atomic mass is 127. The Morgan fingerprint density at radius 2 is 2.22 bits per heavy atom. The van der Waals surface area contributed by atoms with Crippen molar-refractivity contribution in [2.24, 2.45) is 0 Å². The molecule has 2 N–H and O–H groups in total. The topological polar surface area (TPSA) is 49.3 Å². The van der Waals surface area contributed by atoms with Crippen LogP contribution in [0.3, 0.4) is 0 Å². The average Bonchev–Trinajstić information content (AvgIpc) is 2.36. The van der Waals surface area contributed by atoms with Gasteiger partial charge in [-0.15, -0.1) is 0 Å². The number of amides is 1. The minimum atomic E-state index is -0.249. The Balaban J connectivity index is 2.43. The maximum absolute atomic E-state index is 12.0. The molecule has 0 heterocycles. The Labute approximate surface area is 122 Å². The number of halogens is 1. The van der Waals surface area contributed by atoms with Crippen molar-refractivity contribution >= 4 is 28.5 Å². The van der Waals surface area contributed by atoms with E-state index in [9.17, 15) is 9.90 Å². The first-order chi connectivity index (χ1) is 8.54. The SMILES string of the molecule is CCC(O)CCCNC(=O)c1cc(C)ccc1I. The number of aliphatic hydroxyl groups is 1. The number of hydrogen-bond acceptors (Lipinski definition) is 2. The molecule has 1 rings (SSSR count). The van der Waals surface area contributed by atoms with Gasteiger partial charge in [0.15, 0.2) is 0 Å². The van der Waals surface area contributed by atoms with Gasteiger partial charge in [-0.05, 0) is 60.9 Å². The average molecular weight is 361 g/mol. The van der Waals surface area contributed by atoms with E-state index >= 15 is 0 Å². The summed E-state index contributed by atoms with van der Waals surface area (Å²) in [5.74, 6) is -0.0333. The standard InChI is InChI=1S/C14H20INO2/c1-3-11(17)5-4-8-16-14(18)12-9-10(2)6-7-13(12)15/h6-7,9,11,17H,3-5,8H2,1-2H3,(H,16,18). The summed E-state index contributed by atoms with van der Waals surface area (Å²) in [5, 5.41) is 12.3. The zero-order valence-electron chi connectivity index (χ0n) is 10.9. The Hall–Kier alpha value is -0.620. The van der Waals surface area contributed by atoms with Crippen molar-refractivity contribution in [3.05, 3.63) is 32.9 Å². The van der Waals surface area contributed by atoms with Crippen LogP contribution in [0.4, 0.5) is 0 Å². The molecule has 1 unspecified atom stereocenters. The lowest BCUT2D eigenvalue weighted by Crippen LogP contribution is -2.26. The van der Waals surface area contributed by atoms with Crippen LogP contribution in [0.2, 0.25) is 0 Å². The molecule has 0 bridgehead atoms. The highest BCUT2D eigenvalue weighted by Gasteiger charge is 2.09. The fourth-order valence-electron chi connectivity index (χ4n) is 1.65. The third-order valence-corrected chi connectivity index (χ3v) is 3.78. The van der Waals surface area contributed by atoms with E-state index in [0.717, 1.165) is 34.0 Å². The molecule has 0 aliphatic rings.